The number of likely N-dealkylation sites (tertiary alicyclic amines) is 1. The standard InChI is InChI=1S/C13H20N2O3/c16-11(17)9-3-6-15(7-9)12(18)14-8-13(4-5-13)10-1-2-10/h9-10H,1-8H2,(H,14,18)(H,16,17). The van der Waals surface area contributed by atoms with Gasteiger partial charge in [0.2, 0.25) is 0 Å². The third-order valence-electron chi connectivity index (χ3n) is 4.75. The summed E-state index contributed by atoms with van der Waals surface area (Å²) in [5.74, 6) is -0.334. The topological polar surface area (TPSA) is 69.6 Å². The number of nitrogens with one attached hydrogen (secondary N) is 1. The summed E-state index contributed by atoms with van der Waals surface area (Å²) in [6.45, 7) is 1.71. The van der Waals surface area contributed by atoms with E-state index in [9.17, 15) is 9.59 Å². The number of hydrogen-bond donors (Lipinski definition) is 2. The lowest BCUT2D eigenvalue weighted by Gasteiger charge is -2.20. The molecule has 1 atom stereocenters. The zero-order valence-electron chi connectivity index (χ0n) is 10.5. The molecular formula is C13H20N2O3. The molecule has 0 aromatic carbocycles. The Bertz CT molecular complexity index is 374. The van der Waals surface area contributed by atoms with Gasteiger partial charge in [0, 0.05) is 19.6 Å². The van der Waals surface area contributed by atoms with Gasteiger partial charge >= 0.3 is 12.0 Å². The highest BCUT2D eigenvalue weighted by molar-refractivity contribution is 5.77. The fourth-order valence-electron chi connectivity index (χ4n) is 3.10. The van der Waals surface area contributed by atoms with Gasteiger partial charge in [-0.05, 0) is 43.4 Å². The van der Waals surface area contributed by atoms with E-state index >= 15 is 0 Å². The normalized spacial score (nSPS) is 29.1. The number of aliphatic carboxylic acids is 1. The number of carboxylic acid groups (broad SMARTS) is 1. The summed E-state index contributed by atoms with van der Waals surface area (Å²) in [5.41, 5.74) is 0.404. The quantitative estimate of drug-likeness (QED) is 0.792. The Morgan fingerprint density at radius 2 is 2.00 bits per heavy atom. The molecule has 2 aliphatic carbocycles. The molecule has 2 amide bonds. The first-order valence-corrected chi connectivity index (χ1v) is 6.86. The summed E-state index contributed by atoms with van der Waals surface area (Å²) < 4.78 is 0. The van der Waals surface area contributed by atoms with Gasteiger partial charge in [0.25, 0.3) is 0 Å². The zero-order valence-corrected chi connectivity index (χ0v) is 10.5. The van der Waals surface area contributed by atoms with Gasteiger partial charge in [-0.3, -0.25) is 4.79 Å². The van der Waals surface area contributed by atoms with Crippen molar-refractivity contribution in [1.29, 1.82) is 0 Å². The Labute approximate surface area is 107 Å². The number of carboxylic acids is 1. The van der Waals surface area contributed by atoms with Crippen LogP contribution >= 0.6 is 0 Å². The van der Waals surface area contributed by atoms with Crippen LogP contribution in [0.2, 0.25) is 0 Å². The monoisotopic (exact) mass is 252 g/mol. The third-order valence-corrected chi connectivity index (χ3v) is 4.75. The molecular weight excluding hydrogens is 232 g/mol. The van der Waals surface area contributed by atoms with Gasteiger partial charge in [-0.15, -0.1) is 0 Å². The van der Waals surface area contributed by atoms with E-state index < -0.39 is 5.97 Å². The number of hydrogen-bond acceptors (Lipinski definition) is 2. The molecule has 1 aliphatic heterocycles. The Morgan fingerprint density at radius 1 is 1.28 bits per heavy atom. The molecule has 3 fully saturated rings. The number of carbonyl (C=O) groups excluding carboxylic acids is 1. The van der Waals surface area contributed by atoms with Gasteiger partial charge < -0.3 is 15.3 Å². The molecule has 1 heterocycles. The van der Waals surface area contributed by atoms with Crippen LogP contribution in [0.15, 0.2) is 0 Å². The molecule has 2 saturated carbocycles. The molecule has 1 unspecified atom stereocenters. The fraction of sp³-hybridized carbons (Fsp3) is 0.846. The Morgan fingerprint density at radius 3 is 2.50 bits per heavy atom. The second-order valence-corrected chi connectivity index (χ2v) is 6.07. The van der Waals surface area contributed by atoms with Crippen LogP contribution in [0.1, 0.15) is 32.1 Å². The summed E-state index contributed by atoms with van der Waals surface area (Å²) in [4.78, 5) is 24.4. The minimum atomic E-state index is -0.790. The van der Waals surface area contributed by atoms with E-state index in [1.807, 2.05) is 0 Å². The van der Waals surface area contributed by atoms with Crippen molar-refractivity contribution in [3.8, 4) is 0 Å². The Kier molecular flexibility index (Phi) is 2.72. The molecule has 0 aromatic heterocycles. The van der Waals surface area contributed by atoms with E-state index in [1.54, 1.807) is 4.90 Å². The molecule has 3 rings (SSSR count). The first kappa shape index (κ1) is 11.8. The van der Waals surface area contributed by atoms with Crippen molar-refractivity contribution in [2.75, 3.05) is 19.6 Å². The van der Waals surface area contributed by atoms with Crippen molar-refractivity contribution in [2.45, 2.75) is 32.1 Å². The Balaban J connectivity index is 1.46. The molecule has 0 bridgehead atoms. The summed E-state index contributed by atoms with van der Waals surface area (Å²) in [6.07, 6.45) is 5.71. The summed E-state index contributed by atoms with van der Waals surface area (Å²) in [5, 5.41) is 11.9. The number of urea groups is 1. The van der Waals surface area contributed by atoms with Crippen molar-refractivity contribution < 1.29 is 14.7 Å². The fourth-order valence-corrected chi connectivity index (χ4v) is 3.10. The van der Waals surface area contributed by atoms with Crippen LogP contribution in [-0.4, -0.2) is 41.6 Å². The highest BCUT2D eigenvalue weighted by Gasteiger charge is 2.53. The average molecular weight is 252 g/mol. The molecule has 3 aliphatic rings. The van der Waals surface area contributed by atoms with Crippen molar-refractivity contribution >= 4 is 12.0 Å². The van der Waals surface area contributed by atoms with Crippen molar-refractivity contribution in [2.24, 2.45) is 17.3 Å². The lowest BCUT2D eigenvalue weighted by molar-refractivity contribution is -0.141. The van der Waals surface area contributed by atoms with Crippen LogP contribution in [0.4, 0.5) is 4.79 Å². The number of rotatable bonds is 4. The SMILES string of the molecule is O=C(O)C1CCN(C(=O)NCC2(C3CC3)CC2)C1. The smallest absolute Gasteiger partial charge is 0.317 e. The van der Waals surface area contributed by atoms with Gasteiger partial charge in [-0.2, -0.15) is 0 Å². The van der Waals surface area contributed by atoms with Gasteiger partial charge in [-0.1, -0.05) is 0 Å². The van der Waals surface area contributed by atoms with E-state index in [4.69, 9.17) is 5.11 Å². The van der Waals surface area contributed by atoms with E-state index in [0.29, 0.717) is 24.9 Å². The maximum absolute atomic E-state index is 12.0. The molecule has 0 aromatic rings. The minimum Gasteiger partial charge on any atom is -0.481 e. The first-order valence-electron chi connectivity index (χ1n) is 6.86. The van der Waals surface area contributed by atoms with Crippen molar-refractivity contribution in [3.63, 3.8) is 0 Å². The lowest BCUT2D eigenvalue weighted by Crippen LogP contribution is -2.41. The van der Waals surface area contributed by atoms with Gasteiger partial charge in [-0.25, -0.2) is 4.79 Å². The molecule has 5 heteroatoms. The van der Waals surface area contributed by atoms with Crippen LogP contribution in [0.5, 0.6) is 0 Å². The largest absolute Gasteiger partial charge is 0.481 e. The van der Waals surface area contributed by atoms with Crippen LogP contribution in [0.25, 0.3) is 0 Å². The number of carbonyl (C=O) groups is 2. The number of nitrogens with zero attached hydrogens (tertiary/aromatic N) is 1. The van der Waals surface area contributed by atoms with Crippen LogP contribution < -0.4 is 5.32 Å². The highest BCUT2D eigenvalue weighted by Crippen LogP contribution is 2.60. The molecule has 2 N–H and O–H groups in total. The minimum absolute atomic E-state index is 0.0781. The molecule has 0 spiro atoms. The third kappa shape index (κ3) is 2.18. The average Bonchev–Trinajstić information content (AvgIpc) is 3.23. The van der Waals surface area contributed by atoms with Crippen molar-refractivity contribution in [3.05, 3.63) is 0 Å². The number of amides is 2. The van der Waals surface area contributed by atoms with Crippen LogP contribution in [0.3, 0.4) is 0 Å². The summed E-state index contributed by atoms with van der Waals surface area (Å²) >= 11 is 0. The first-order chi connectivity index (χ1) is 8.61. The van der Waals surface area contributed by atoms with Crippen LogP contribution in [-0.2, 0) is 4.79 Å². The van der Waals surface area contributed by atoms with Gasteiger partial charge in [0.15, 0.2) is 0 Å². The second-order valence-electron chi connectivity index (χ2n) is 6.07. The van der Waals surface area contributed by atoms with E-state index in [0.717, 1.165) is 12.5 Å². The van der Waals surface area contributed by atoms with E-state index in [1.165, 1.54) is 25.7 Å². The maximum atomic E-state index is 12.0. The second kappa shape index (κ2) is 4.14. The van der Waals surface area contributed by atoms with E-state index in [2.05, 4.69) is 5.32 Å². The molecule has 0 radical (unpaired) electrons. The zero-order chi connectivity index (χ0) is 12.8. The van der Waals surface area contributed by atoms with E-state index in [-0.39, 0.29) is 11.9 Å². The summed E-state index contributed by atoms with van der Waals surface area (Å²) in [7, 11) is 0. The van der Waals surface area contributed by atoms with Crippen molar-refractivity contribution in [1.82, 2.24) is 10.2 Å². The van der Waals surface area contributed by atoms with Gasteiger partial charge in [0.1, 0.15) is 0 Å². The molecule has 100 valence electrons. The molecule has 1 saturated heterocycles. The summed E-state index contributed by atoms with van der Waals surface area (Å²) in [6, 6.07) is -0.0781. The predicted octanol–water partition coefficient (Wildman–Crippen LogP) is 1.29. The molecule has 18 heavy (non-hydrogen) atoms. The highest BCUT2D eigenvalue weighted by atomic mass is 16.4. The van der Waals surface area contributed by atoms with Gasteiger partial charge in [0.05, 0.1) is 5.92 Å². The van der Waals surface area contributed by atoms with Crippen LogP contribution in [0, 0.1) is 17.3 Å². The predicted molar refractivity (Wildman–Crippen MR) is 65.1 cm³/mol. The lowest BCUT2D eigenvalue weighted by atomic mass is 10.0. The maximum Gasteiger partial charge on any atom is 0.317 e. The Hall–Kier alpha value is -1.26. The molecule has 5 nitrogen and oxygen atoms in total.